The van der Waals surface area contributed by atoms with Gasteiger partial charge in [-0.3, -0.25) is 0 Å². The lowest BCUT2D eigenvalue weighted by atomic mass is 9.83. The molecular formula is C16H26N2. The van der Waals surface area contributed by atoms with Crippen LogP contribution in [0.4, 0.5) is 0 Å². The fourth-order valence-electron chi connectivity index (χ4n) is 3.08. The first-order valence-corrected chi connectivity index (χ1v) is 7.13. The monoisotopic (exact) mass is 246 g/mol. The molecule has 1 N–H and O–H groups in total. The first kappa shape index (κ1) is 13.6. The maximum atomic E-state index is 3.58. The molecule has 2 nitrogen and oxygen atoms in total. The van der Waals surface area contributed by atoms with Crippen molar-refractivity contribution < 1.29 is 0 Å². The third-order valence-corrected chi connectivity index (χ3v) is 4.27. The Morgan fingerprint density at radius 1 is 1.22 bits per heavy atom. The second kappa shape index (κ2) is 5.85. The normalized spacial score (nSPS) is 25.3. The number of hydrogen-bond donors (Lipinski definition) is 1. The summed E-state index contributed by atoms with van der Waals surface area (Å²) in [6.07, 6.45) is 4.84. The Morgan fingerprint density at radius 2 is 1.89 bits per heavy atom. The van der Waals surface area contributed by atoms with E-state index >= 15 is 0 Å². The van der Waals surface area contributed by atoms with Crippen molar-refractivity contribution in [2.24, 2.45) is 0 Å². The zero-order valence-corrected chi connectivity index (χ0v) is 12.0. The summed E-state index contributed by atoms with van der Waals surface area (Å²) in [5, 5.41) is 3.58. The highest BCUT2D eigenvalue weighted by Crippen LogP contribution is 2.24. The molecule has 1 heterocycles. The molecular weight excluding hydrogens is 220 g/mol. The minimum atomic E-state index is 0.265. The molecule has 2 rings (SSSR count). The van der Waals surface area contributed by atoms with Gasteiger partial charge in [0.2, 0.25) is 0 Å². The van der Waals surface area contributed by atoms with E-state index in [2.05, 4.69) is 55.5 Å². The Balaban J connectivity index is 2.08. The molecule has 1 fully saturated rings. The van der Waals surface area contributed by atoms with E-state index in [0.717, 1.165) is 19.4 Å². The molecule has 1 aromatic rings. The van der Waals surface area contributed by atoms with Crippen LogP contribution in [-0.4, -0.2) is 37.6 Å². The minimum absolute atomic E-state index is 0.265. The summed E-state index contributed by atoms with van der Waals surface area (Å²) in [6.45, 7) is 4.59. The molecule has 0 spiro atoms. The zero-order chi connectivity index (χ0) is 13.0. The standard InChI is InChI=1S/C16H26N2/c1-4-14-6-8-15(9-7-14)12-16(17-2)10-5-11-18(3)13-16/h6-9,17H,4-5,10-13H2,1-3H3. The third-order valence-electron chi connectivity index (χ3n) is 4.27. The minimum Gasteiger partial charge on any atom is -0.313 e. The molecule has 0 aromatic heterocycles. The van der Waals surface area contributed by atoms with E-state index in [0.29, 0.717) is 0 Å². The lowest BCUT2D eigenvalue weighted by Gasteiger charge is -2.41. The first-order valence-electron chi connectivity index (χ1n) is 7.13. The van der Waals surface area contributed by atoms with Gasteiger partial charge >= 0.3 is 0 Å². The molecule has 1 aliphatic rings. The fourth-order valence-corrected chi connectivity index (χ4v) is 3.08. The number of hydrogen-bond acceptors (Lipinski definition) is 2. The molecule has 0 radical (unpaired) electrons. The molecule has 1 aromatic carbocycles. The van der Waals surface area contributed by atoms with Crippen LogP contribution in [-0.2, 0) is 12.8 Å². The van der Waals surface area contributed by atoms with Crippen LogP contribution in [0.5, 0.6) is 0 Å². The topological polar surface area (TPSA) is 15.3 Å². The maximum Gasteiger partial charge on any atom is 0.0347 e. The summed E-state index contributed by atoms with van der Waals surface area (Å²) in [7, 11) is 4.34. The van der Waals surface area contributed by atoms with Crippen molar-refractivity contribution in [1.82, 2.24) is 10.2 Å². The van der Waals surface area contributed by atoms with E-state index in [-0.39, 0.29) is 5.54 Å². The number of piperidine rings is 1. The van der Waals surface area contributed by atoms with E-state index in [9.17, 15) is 0 Å². The van der Waals surface area contributed by atoms with Gasteiger partial charge in [0.05, 0.1) is 0 Å². The summed E-state index contributed by atoms with van der Waals surface area (Å²) in [6, 6.07) is 9.13. The SMILES string of the molecule is CCc1ccc(CC2(NC)CCCN(C)C2)cc1. The summed E-state index contributed by atoms with van der Waals surface area (Å²) in [5.41, 5.74) is 3.15. The van der Waals surface area contributed by atoms with Crippen LogP contribution in [0.15, 0.2) is 24.3 Å². The highest BCUT2D eigenvalue weighted by Gasteiger charge is 2.32. The van der Waals surface area contributed by atoms with Gasteiger partial charge in [0, 0.05) is 12.1 Å². The predicted octanol–water partition coefficient (Wildman–Crippen LogP) is 2.48. The van der Waals surface area contributed by atoms with Gasteiger partial charge in [0.25, 0.3) is 0 Å². The number of aryl methyl sites for hydroxylation is 1. The second-order valence-electron chi connectivity index (χ2n) is 5.72. The Kier molecular flexibility index (Phi) is 4.41. The van der Waals surface area contributed by atoms with Crippen LogP contribution in [0.25, 0.3) is 0 Å². The van der Waals surface area contributed by atoms with E-state index in [1.807, 2.05) is 0 Å². The molecule has 0 bridgehead atoms. The van der Waals surface area contributed by atoms with Gasteiger partial charge in [-0.25, -0.2) is 0 Å². The molecule has 18 heavy (non-hydrogen) atoms. The summed E-state index contributed by atoms with van der Waals surface area (Å²) >= 11 is 0. The van der Waals surface area contributed by atoms with Crippen molar-refractivity contribution in [2.75, 3.05) is 27.2 Å². The Bertz CT molecular complexity index is 371. The Hall–Kier alpha value is -0.860. The van der Waals surface area contributed by atoms with Crippen molar-refractivity contribution >= 4 is 0 Å². The van der Waals surface area contributed by atoms with Gasteiger partial charge in [-0.2, -0.15) is 0 Å². The van der Waals surface area contributed by atoms with Crippen LogP contribution >= 0.6 is 0 Å². The molecule has 0 amide bonds. The van der Waals surface area contributed by atoms with E-state index < -0.39 is 0 Å². The van der Waals surface area contributed by atoms with Gasteiger partial charge in [-0.15, -0.1) is 0 Å². The van der Waals surface area contributed by atoms with E-state index in [1.54, 1.807) is 0 Å². The van der Waals surface area contributed by atoms with Gasteiger partial charge in [-0.05, 0) is 57.5 Å². The van der Waals surface area contributed by atoms with Crippen LogP contribution in [0.2, 0.25) is 0 Å². The predicted molar refractivity (Wildman–Crippen MR) is 78.0 cm³/mol. The number of nitrogens with one attached hydrogen (secondary N) is 1. The average Bonchev–Trinajstić information content (AvgIpc) is 2.39. The van der Waals surface area contributed by atoms with E-state index in [1.165, 1.54) is 30.5 Å². The summed E-state index contributed by atoms with van der Waals surface area (Å²) in [5.74, 6) is 0. The maximum absolute atomic E-state index is 3.58. The summed E-state index contributed by atoms with van der Waals surface area (Å²) < 4.78 is 0. The van der Waals surface area contributed by atoms with Crippen LogP contribution in [0.1, 0.15) is 30.9 Å². The highest BCUT2D eigenvalue weighted by atomic mass is 15.2. The van der Waals surface area contributed by atoms with Crippen molar-refractivity contribution in [3.05, 3.63) is 35.4 Å². The van der Waals surface area contributed by atoms with Gasteiger partial charge in [-0.1, -0.05) is 31.2 Å². The van der Waals surface area contributed by atoms with Gasteiger partial charge < -0.3 is 10.2 Å². The van der Waals surface area contributed by atoms with Crippen LogP contribution < -0.4 is 5.32 Å². The van der Waals surface area contributed by atoms with Crippen molar-refractivity contribution in [3.8, 4) is 0 Å². The van der Waals surface area contributed by atoms with Crippen molar-refractivity contribution in [2.45, 2.75) is 38.1 Å². The van der Waals surface area contributed by atoms with E-state index in [4.69, 9.17) is 0 Å². The lowest BCUT2D eigenvalue weighted by Crippen LogP contribution is -2.56. The molecule has 1 saturated heterocycles. The number of nitrogens with zero attached hydrogens (tertiary/aromatic N) is 1. The summed E-state index contributed by atoms with van der Waals surface area (Å²) in [4.78, 5) is 2.44. The smallest absolute Gasteiger partial charge is 0.0347 e. The molecule has 100 valence electrons. The third kappa shape index (κ3) is 3.12. The van der Waals surface area contributed by atoms with Crippen LogP contribution in [0.3, 0.4) is 0 Å². The molecule has 0 aliphatic carbocycles. The Morgan fingerprint density at radius 3 is 2.44 bits per heavy atom. The first-order chi connectivity index (χ1) is 8.67. The van der Waals surface area contributed by atoms with Crippen LogP contribution in [0, 0.1) is 0 Å². The number of benzene rings is 1. The largest absolute Gasteiger partial charge is 0.313 e. The Labute approximate surface area is 111 Å². The number of rotatable bonds is 4. The van der Waals surface area contributed by atoms with Crippen molar-refractivity contribution in [3.63, 3.8) is 0 Å². The quantitative estimate of drug-likeness (QED) is 0.878. The lowest BCUT2D eigenvalue weighted by molar-refractivity contribution is 0.151. The van der Waals surface area contributed by atoms with Gasteiger partial charge in [0.1, 0.15) is 0 Å². The molecule has 1 aliphatic heterocycles. The molecule has 1 atom stereocenters. The molecule has 2 heteroatoms. The second-order valence-corrected chi connectivity index (χ2v) is 5.72. The molecule has 1 unspecified atom stereocenters. The average molecular weight is 246 g/mol. The zero-order valence-electron chi connectivity index (χ0n) is 12.0. The van der Waals surface area contributed by atoms with Gasteiger partial charge in [0.15, 0.2) is 0 Å². The molecule has 0 saturated carbocycles. The highest BCUT2D eigenvalue weighted by molar-refractivity contribution is 5.24. The number of likely N-dealkylation sites (tertiary alicyclic amines) is 1. The van der Waals surface area contributed by atoms with Crippen molar-refractivity contribution in [1.29, 1.82) is 0 Å². The number of likely N-dealkylation sites (N-methyl/N-ethyl adjacent to an activating group) is 2. The fraction of sp³-hybridized carbons (Fsp3) is 0.625.